The predicted octanol–water partition coefficient (Wildman–Crippen LogP) is 1.10. The summed E-state index contributed by atoms with van der Waals surface area (Å²) in [4.78, 5) is 17.7. The molecule has 0 aliphatic carbocycles. The van der Waals surface area contributed by atoms with Gasteiger partial charge in [-0.3, -0.25) is 4.79 Å². The number of amides is 1. The number of furan rings is 1. The van der Waals surface area contributed by atoms with E-state index in [0.717, 1.165) is 5.56 Å². The second kappa shape index (κ2) is 6.85. The summed E-state index contributed by atoms with van der Waals surface area (Å²) in [6.45, 7) is 2.75. The van der Waals surface area contributed by atoms with Gasteiger partial charge >= 0.3 is 0 Å². The summed E-state index contributed by atoms with van der Waals surface area (Å²) in [7, 11) is 0. The molecule has 0 aromatic carbocycles. The number of aromatic nitrogens is 2. The first kappa shape index (κ1) is 14.3. The number of carbonyl (C=O) groups is 1. The van der Waals surface area contributed by atoms with E-state index in [-0.39, 0.29) is 18.9 Å². The summed E-state index contributed by atoms with van der Waals surface area (Å²) in [6.07, 6.45) is 3.72. The van der Waals surface area contributed by atoms with Gasteiger partial charge in [0.05, 0.1) is 18.4 Å². The van der Waals surface area contributed by atoms with Gasteiger partial charge in [-0.15, -0.1) is 0 Å². The van der Waals surface area contributed by atoms with Crippen molar-refractivity contribution in [3.63, 3.8) is 0 Å². The summed E-state index contributed by atoms with van der Waals surface area (Å²) in [5, 5.41) is 12.7. The molecule has 0 aliphatic heterocycles. The number of aliphatic hydroxyl groups is 1. The van der Waals surface area contributed by atoms with Crippen LogP contribution >= 0.6 is 0 Å². The molecule has 0 saturated carbocycles. The van der Waals surface area contributed by atoms with Gasteiger partial charge in [0.15, 0.2) is 0 Å². The Hall–Kier alpha value is -2.15. The van der Waals surface area contributed by atoms with Crippen molar-refractivity contribution in [2.24, 2.45) is 0 Å². The maximum absolute atomic E-state index is 11.9. The van der Waals surface area contributed by atoms with Crippen LogP contribution in [-0.4, -0.2) is 45.8 Å². The van der Waals surface area contributed by atoms with Crippen molar-refractivity contribution < 1.29 is 18.8 Å². The van der Waals surface area contributed by atoms with Crippen molar-refractivity contribution in [3.8, 4) is 11.4 Å². The number of aryl methyl sites for hydroxylation is 1. The third kappa shape index (κ3) is 3.45. The highest BCUT2D eigenvalue weighted by molar-refractivity contribution is 5.76. The fourth-order valence-electron chi connectivity index (χ4n) is 1.82. The standard InChI is InChI=1S/C13H17N3O4/c1-2-16(6-7-17)12(18)4-3-11-14-13(15-20-11)10-5-8-19-9-10/h5,8-9,17H,2-4,6-7H2,1H3. The molecule has 108 valence electrons. The first-order valence-corrected chi connectivity index (χ1v) is 6.48. The number of nitrogens with zero attached hydrogens (tertiary/aromatic N) is 3. The van der Waals surface area contributed by atoms with Gasteiger partial charge < -0.3 is 18.9 Å². The van der Waals surface area contributed by atoms with Crippen LogP contribution < -0.4 is 0 Å². The van der Waals surface area contributed by atoms with Crippen LogP contribution in [0.2, 0.25) is 0 Å². The molecule has 0 saturated heterocycles. The van der Waals surface area contributed by atoms with Crippen molar-refractivity contribution in [2.45, 2.75) is 19.8 Å². The van der Waals surface area contributed by atoms with E-state index < -0.39 is 0 Å². The Morgan fingerprint density at radius 1 is 1.50 bits per heavy atom. The number of rotatable bonds is 7. The zero-order valence-electron chi connectivity index (χ0n) is 11.3. The van der Waals surface area contributed by atoms with Gasteiger partial charge in [-0.25, -0.2) is 0 Å². The number of aliphatic hydroxyl groups excluding tert-OH is 1. The predicted molar refractivity (Wildman–Crippen MR) is 69.7 cm³/mol. The fourth-order valence-corrected chi connectivity index (χ4v) is 1.82. The molecule has 2 aromatic rings. The Kier molecular flexibility index (Phi) is 4.89. The minimum absolute atomic E-state index is 0.0369. The van der Waals surface area contributed by atoms with Gasteiger partial charge in [-0.05, 0) is 13.0 Å². The molecule has 1 amide bonds. The third-order valence-electron chi connectivity index (χ3n) is 2.90. The van der Waals surface area contributed by atoms with Crippen LogP contribution in [0.5, 0.6) is 0 Å². The highest BCUT2D eigenvalue weighted by Crippen LogP contribution is 2.16. The molecular weight excluding hydrogens is 262 g/mol. The second-order valence-electron chi connectivity index (χ2n) is 4.22. The lowest BCUT2D eigenvalue weighted by Crippen LogP contribution is -2.33. The molecule has 7 nitrogen and oxygen atoms in total. The van der Waals surface area contributed by atoms with Crippen molar-refractivity contribution in [3.05, 3.63) is 24.5 Å². The number of likely N-dealkylation sites (N-methyl/N-ethyl adjacent to an activating group) is 1. The molecule has 2 heterocycles. The summed E-state index contributed by atoms with van der Waals surface area (Å²) in [5.41, 5.74) is 0.738. The summed E-state index contributed by atoms with van der Waals surface area (Å²) >= 11 is 0. The molecule has 7 heteroatoms. The summed E-state index contributed by atoms with van der Waals surface area (Å²) in [6, 6.07) is 1.74. The lowest BCUT2D eigenvalue weighted by Gasteiger charge is -2.18. The van der Waals surface area contributed by atoms with E-state index in [4.69, 9.17) is 14.0 Å². The Morgan fingerprint density at radius 2 is 2.35 bits per heavy atom. The maximum Gasteiger partial charge on any atom is 0.227 e. The quantitative estimate of drug-likeness (QED) is 0.816. The molecule has 1 N–H and O–H groups in total. The van der Waals surface area contributed by atoms with E-state index in [1.807, 2.05) is 6.92 Å². The molecule has 0 spiro atoms. The van der Waals surface area contributed by atoms with Crippen LogP contribution in [-0.2, 0) is 11.2 Å². The number of hydrogen-bond donors (Lipinski definition) is 1. The monoisotopic (exact) mass is 279 g/mol. The Labute approximate surface area is 116 Å². The van der Waals surface area contributed by atoms with Gasteiger partial charge in [0.2, 0.25) is 17.6 Å². The Bertz CT molecular complexity index is 536. The van der Waals surface area contributed by atoms with Crippen LogP contribution in [0.25, 0.3) is 11.4 Å². The second-order valence-corrected chi connectivity index (χ2v) is 4.22. The van der Waals surface area contributed by atoms with Gasteiger partial charge in [0.25, 0.3) is 0 Å². The van der Waals surface area contributed by atoms with Crippen LogP contribution in [0.15, 0.2) is 27.5 Å². The highest BCUT2D eigenvalue weighted by atomic mass is 16.5. The fraction of sp³-hybridized carbons (Fsp3) is 0.462. The Morgan fingerprint density at radius 3 is 3.00 bits per heavy atom. The topological polar surface area (TPSA) is 92.6 Å². The van der Waals surface area contributed by atoms with E-state index in [0.29, 0.717) is 31.2 Å². The largest absolute Gasteiger partial charge is 0.472 e. The zero-order chi connectivity index (χ0) is 14.4. The van der Waals surface area contributed by atoms with Crippen LogP contribution in [0.3, 0.4) is 0 Å². The normalized spacial score (nSPS) is 10.7. The molecular formula is C13H17N3O4. The average molecular weight is 279 g/mol. The maximum atomic E-state index is 11.9. The minimum atomic E-state index is -0.0374. The lowest BCUT2D eigenvalue weighted by molar-refractivity contribution is -0.131. The van der Waals surface area contributed by atoms with Crippen molar-refractivity contribution in [2.75, 3.05) is 19.7 Å². The van der Waals surface area contributed by atoms with Crippen LogP contribution in [0.4, 0.5) is 0 Å². The summed E-state index contributed by atoms with van der Waals surface area (Å²) in [5.74, 6) is 0.822. The summed E-state index contributed by atoms with van der Waals surface area (Å²) < 4.78 is 10.0. The molecule has 2 rings (SSSR count). The average Bonchev–Trinajstić information content (AvgIpc) is 3.12. The highest BCUT2D eigenvalue weighted by Gasteiger charge is 2.14. The molecule has 2 aromatic heterocycles. The van der Waals surface area contributed by atoms with Crippen molar-refractivity contribution >= 4 is 5.91 Å². The SMILES string of the molecule is CCN(CCO)C(=O)CCc1nc(-c2ccoc2)no1. The van der Waals surface area contributed by atoms with Crippen LogP contribution in [0, 0.1) is 0 Å². The zero-order valence-corrected chi connectivity index (χ0v) is 11.3. The molecule has 0 bridgehead atoms. The molecule has 0 atom stereocenters. The number of carbonyl (C=O) groups excluding carboxylic acids is 1. The third-order valence-corrected chi connectivity index (χ3v) is 2.90. The van der Waals surface area contributed by atoms with E-state index in [9.17, 15) is 4.79 Å². The van der Waals surface area contributed by atoms with Gasteiger partial charge in [0, 0.05) is 25.9 Å². The molecule has 0 fully saturated rings. The van der Waals surface area contributed by atoms with Gasteiger partial charge in [-0.2, -0.15) is 4.98 Å². The van der Waals surface area contributed by atoms with Gasteiger partial charge in [0.1, 0.15) is 6.26 Å². The van der Waals surface area contributed by atoms with Crippen molar-refractivity contribution in [1.29, 1.82) is 0 Å². The molecule has 20 heavy (non-hydrogen) atoms. The van der Waals surface area contributed by atoms with Gasteiger partial charge in [-0.1, -0.05) is 5.16 Å². The van der Waals surface area contributed by atoms with Crippen molar-refractivity contribution in [1.82, 2.24) is 15.0 Å². The van der Waals surface area contributed by atoms with Crippen LogP contribution in [0.1, 0.15) is 19.2 Å². The first-order chi connectivity index (χ1) is 9.74. The smallest absolute Gasteiger partial charge is 0.227 e. The lowest BCUT2D eigenvalue weighted by atomic mass is 10.2. The molecule has 0 aliphatic rings. The number of hydrogen-bond acceptors (Lipinski definition) is 6. The van der Waals surface area contributed by atoms with E-state index in [2.05, 4.69) is 10.1 Å². The Balaban J connectivity index is 1.90. The van der Waals surface area contributed by atoms with E-state index in [1.165, 1.54) is 12.5 Å². The molecule has 0 unspecified atom stereocenters. The minimum Gasteiger partial charge on any atom is -0.472 e. The van der Waals surface area contributed by atoms with E-state index in [1.54, 1.807) is 11.0 Å². The molecule has 0 radical (unpaired) electrons. The first-order valence-electron chi connectivity index (χ1n) is 6.48. The van der Waals surface area contributed by atoms with E-state index >= 15 is 0 Å².